The smallest absolute Gasteiger partial charge is 0.263 e. The van der Waals surface area contributed by atoms with Gasteiger partial charge in [-0.2, -0.15) is 0 Å². The Morgan fingerprint density at radius 3 is 2.65 bits per heavy atom. The van der Waals surface area contributed by atoms with Crippen molar-refractivity contribution in [3.8, 4) is 0 Å². The molecule has 3 saturated heterocycles. The third-order valence-corrected chi connectivity index (χ3v) is 7.41. The van der Waals surface area contributed by atoms with Crippen molar-refractivity contribution < 1.29 is 9.53 Å². The van der Waals surface area contributed by atoms with Gasteiger partial charge in [0.15, 0.2) is 0 Å². The van der Waals surface area contributed by atoms with E-state index < -0.39 is 0 Å². The van der Waals surface area contributed by atoms with Gasteiger partial charge in [-0.05, 0) is 56.4 Å². The molecule has 7 nitrogen and oxygen atoms in total. The lowest BCUT2D eigenvalue weighted by molar-refractivity contribution is -0.0304. The molecule has 6 heterocycles. The number of hydrogen-bond donors (Lipinski definition) is 0. The highest BCUT2D eigenvalue weighted by atomic mass is 16.5. The second-order valence-electron chi connectivity index (χ2n) is 9.61. The van der Waals surface area contributed by atoms with Gasteiger partial charge >= 0.3 is 0 Å². The standard InChI is InChI=1S/C24H28N4O3/c1-15-8-18(6-7-25-15)26-10-16-9-17(12-26)22-5-4-21(24(30)28(22)11-16)23(29)27-13-19-2-3-20(14-27)31-19/h4-8,16-17,19-20H,2-3,9-14H2,1H3/t16-,17+,19-,20+/m0/s1. The highest BCUT2D eigenvalue weighted by molar-refractivity contribution is 5.94. The van der Waals surface area contributed by atoms with Crippen molar-refractivity contribution >= 4 is 11.6 Å². The van der Waals surface area contributed by atoms with Crippen LogP contribution in [0.5, 0.6) is 0 Å². The van der Waals surface area contributed by atoms with E-state index in [-0.39, 0.29) is 23.7 Å². The molecule has 2 aromatic rings. The number of morpholine rings is 1. The summed E-state index contributed by atoms with van der Waals surface area (Å²) in [6, 6.07) is 7.99. The zero-order chi connectivity index (χ0) is 21.1. The minimum absolute atomic E-state index is 0.121. The molecule has 162 valence electrons. The molecule has 0 aliphatic carbocycles. The number of piperidine rings is 1. The number of anilines is 1. The first kappa shape index (κ1) is 19.0. The summed E-state index contributed by atoms with van der Waals surface area (Å²) in [7, 11) is 0. The van der Waals surface area contributed by atoms with E-state index in [1.54, 1.807) is 6.07 Å². The Morgan fingerprint density at radius 1 is 1.06 bits per heavy atom. The molecule has 1 amide bonds. The van der Waals surface area contributed by atoms with E-state index in [0.717, 1.165) is 43.7 Å². The monoisotopic (exact) mass is 420 g/mol. The molecule has 4 aliphatic heterocycles. The maximum atomic E-state index is 13.4. The minimum Gasteiger partial charge on any atom is -0.371 e. The SMILES string of the molecule is Cc1cc(N2C[C@@H]3C[C@H](C2)c2ccc(C(=O)N4C[C@H]5CC[C@@H](C4)O5)c(=O)n2C3)ccn1. The summed E-state index contributed by atoms with van der Waals surface area (Å²) in [6.07, 6.45) is 5.24. The number of likely N-dealkylation sites (tertiary alicyclic amines) is 1. The van der Waals surface area contributed by atoms with Crippen molar-refractivity contribution in [2.24, 2.45) is 5.92 Å². The van der Waals surface area contributed by atoms with Crippen LogP contribution in [0.2, 0.25) is 0 Å². The normalized spacial score (nSPS) is 29.1. The van der Waals surface area contributed by atoms with Crippen molar-refractivity contribution in [2.75, 3.05) is 31.1 Å². The van der Waals surface area contributed by atoms with Crippen molar-refractivity contribution in [2.45, 2.75) is 50.9 Å². The predicted octanol–water partition coefficient (Wildman–Crippen LogP) is 2.18. The molecule has 3 fully saturated rings. The average molecular weight is 421 g/mol. The maximum absolute atomic E-state index is 13.4. The topological polar surface area (TPSA) is 67.7 Å². The summed E-state index contributed by atoms with van der Waals surface area (Å²) in [5.74, 6) is 0.573. The van der Waals surface area contributed by atoms with Crippen molar-refractivity contribution in [3.05, 3.63) is 57.8 Å². The molecule has 6 rings (SSSR count). The predicted molar refractivity (Wildman–Crippen MR) is 117 cm³/mol. The summed E-state index contributed by atoms with van der Waals surface area (Å²) in [5, 5.41) is 0. The lowest BCUT2D eigenvalue weighted by Crippen LogP contribution is -2.50. The number of carbonyl (C=O) groups excluding carboxylic acids is 1. The minimum atomic E-state index is -0.134. The van der Waals surface area contributed by atoms with Crippen LogP contribution in [0.1, 0.15) is 46.9 Å². The van der Waals surface area contributed by atoms with Gasteiger partial charge in [-0.15, -0.1) is 0 Å². The molecule has 0 saturated carbocycles. The molecule has 0 unspecified atom stereocenters. The number of nitrogens with zero attached hydrogens (tertiary/aromatic N) is 4. The van der Waals surface area contributed by atoms with Crippen LogP contribution in [0, 0.1) is 12.8 Å². The van der Waals surface area contributed by atoms with E-state index in [1.807, 2.05) is 28.7 Å². The van der Waals surface area contributed by atoms with Gasteiger partial charge in [-0.3, -0.25) is 14.6 Å². The number of ether oxygens (including phenoxy) is 1. The lowest BCUT2D eigenvalue weighted by atomic mass is 9.82. The first-order chi connectivity index (χ1) is 15.0. The van der Waals surface area contributed by atoms with Crippen molar-refractivity contribution in [3.63, 3.8) is 0 Å². The third kappa shape index (κ3) is 3.26. The van der Waals surface area contributed by atoms with Crippen LogP contribution in [0.15, 0.2) is 35.3 Å². The zero-order valence-electron chi connectivity index (χ0n) is 17.9. The zero-order valence-corrected chi connectivity index (χ0v) is 17.9. The molecule has 0 N–H and O–H groups in total. The van der Waals surface area contributed by atoms with Gasteiger partial charge in [0.05, 0.1) is 12.2 Å². The van der Waals surface area contributed by atoms with Gasteiger partial charge in [0.25, 0.3) is 11.5 Å². The van der Waals surface area contributed by atoms with Gasteiger partial charge in [0, 0.05) is 61.9 Å². The van der Waals surface area contributed by atoms with E-state index >= 15 is 0 Å². The van der Waals surface area contributed by atoms with Gasteiger partial charge in [-0.25, -0.2) is 0 Å². The van der Waals surface area contributed by atoms with E-state index in [0.29, 0.717) is 37.0 Å². The van der Waals surface area contributed by atoms with Crippen LogP contribution < -0.4 is 10.5 Å². The van der Waals surface area contributed by atoms with Crippen LogP contribution in [0.25, 0.3) is 0 Å². The molecule has 4 atom stereocenters. The number of hydrogen-bond acceptors (Lipinski definition) is 5. The molecule has 2 aromatic heterocycles. The molecule has 0 spiro atoms. The molecule has 4 aliphatic rings. The summed E-state index contributed by atoms with van der Waals surface area (Å²) < 4.78 is 7.74. The fraction of sp³-hybridized carbons (Fsp3) is 0.542. The Labute approximate surface area is 181 Å². The molecule has 7 heteroatoms. The van der Waals surface area contributed by atoms with Gasteiger partial charge in [0.2, 0.25) is 0 Å². The first-order valence-electron chi connectivity index (χ1n) is 11.4. The Hall–Kier alpha value is -2.67. The van der Waals surface area contributed by atoms with E-state index in [4.69, 9.17) is 4.74 Å². The Balaban J connectivity index is 1.28. The van der Waals surface area contributed by atoms with Crippen molar-refractivity contribution in [1.82, 2.24) is 14.5 Å². The Bertz CT molecular complexity index is 1080. The molecular formula is C24H28N4O3. The number of carbonyl (C=O) groups is 1. The Kier molecular flexibility index (Phi) is 4.42. The molecular weight excluding hydrogens is 392 g/mol. The van der Waals surface area contributed by atoms with Gasteiger partial charge in [0.1, 0.15) is 5.56 Å². The van der Waals surface area contributed by atoms with Crippen LogP contribution in [-0.2, 0) is 11.3 Å². The van der Waals surface area contributed by atoms with Crippen LogP contribution in [-0.4, -0.2) is 58.7 Å². The lowest BCUT2D eigenvalue weighted by Gasteiger charge is -2.44. The number of amides is 1. The molecule has 0 radical (unpaired) electrons. The highest BCUT2D eigenvalue weighted by Gasteiger charge is 2.38. The van der Waals surface area contributed by atoms with Crippen LogP contribution in [0.3, 0.4) is 0 Å². The van der Waals surface area contributed by atoms with Crippen LogP contribution >= 0.6 is 0 Å². The molecule has 31 heavy (non-hydrogen) atoms. The van der Waals surface area contributed by atoms with E-state index in [9.17, 15) is 9.59 Å². The third-order valence-electron chi connectivity index (χ3n) is 7.41. The fourth-order valence-electron chi connectivity index (χ4n) is 6.00. The summed E-state index contributed by atoms with van der Waals surface area (Å²) >= 11 is 0. The first-order valence-corrected chi connectivity index (χ1v) is 11.4. The second kappa shape index (κ2) is 7.19. The number of aromatic nitrogens is 2. The molecule has 4 bridgehead atoms. The van der Waals surface area contributed by atoms with Gasteiger partial charge < -0.3 is 19.1 Å². The number of rotatable bonds is 2. The second-order valence-corrected chi connectivity index (χ2v) is 9.61. The quantitative estimate of drug-likeness (QED) is 0.745. The largest absolute Gasteiger partial charge is 0.371 e. The summed E-state index contributed by atoms with van der Waals surface area (Å²) in [4.78, 5) is 35.1. The summed E-state index contributed by atoms with van der Waals surface area (Å²) in [6.45, 7) is 5.71. The number of fused-ring (bicyclic) bond motifs is 6. The maximum Gasteiger partial charge on any atom is 0.263 e. The fourth-order valence-corrected chi connectivity index (χ4v) is 6.00. The van der Waals surface area contributed by atoms with E-state index in [1.165, 1.54) is 5.69 Å². The van der Waals surface area contributed by atoms with Crippen LogP contribution in [0.4, 0.5) is 5.69 Å². The molecule has 0 aromatic carbocycles. The Morgan fingerprint density at radius 2 is 1.87 bits per heavy atom. The number of aryl methyl sites for hydroxylation is 1. The van der Waals surface area contributed by atoms with Crippen molar-refractivity contribution in [1.29, 1.82) is 0 Å². The average Bonchev–Trinajstić information content (AvgIpc) is 3.11. The van der Waals surface area contributed by atoms with Gasteiger partial charge in [-0.1, -0.05) is 0 Å². The number of pyridine rings is 2. The summed E-state index contributed by atoms with van der Waals surface area (Å²) in [5.41, 5.74) is 3.47. The van der Waals surface area contributed by atoms with E-state index in [2.05, 4.69) is 22.0 Å². The highest BCUT2D eigenvalue weighted by Crippen LogP contribution is 2.37.